The first-order valence-electron chi connectivity index (χ1n) is 6.13. The first kappa shape index (κ1) is 15.0. The van der Waals surface area contributed by atoms with Crippen LogP contribution in [0.1, 0.15) is 31.4 Å². The van der Waals surface area contributed by atoms with Gasteiger partial charge in [0.15, 0.2) is 0 Å². The van der Waals surface area contributed by atoms with Crippen molar-refractivity contribution in [3.05, 3.63) is 29.1 Å². The number of ether oxygens (including phenoxy) is 2. The van der Waals surface area contributed by atoms with Crippen molar-refractivity contribution < 1.29 is 18.7 Å². The number of nitriles is 1. The molecule has 0 aromatic heterocycles. The van der Waals surface area contributed by atoms with Crippen LogP contribution in [0.4, 0.5) is 4.39 Å². The Morgan fingerprint density at radius 1 is 1.37 bits per heavy atom. The third-order valence-corrected chi connectivity index (χ3v) is 2.51. The molecule has 0 bridgehead atoms. The van der Waals surface area contributed by atoms with Crippen LogP contribution < -0.4 is 4.74 Å². The Bertz CT molecular complexity index is 494. The molecule has 0 saturated carbocycles. The third kappa shape index (κ3) is 3.95. The first-order valence-corrected chi connectivity index (χ1v) is 6.13. The zero-order valence-corrected chi connectivity index (χ0v) is 11.0. The molecule has 0 unspecified atom stereocenters. The molecule has 0 amide bonds. The number of rotatable bonds is 6. The summed E-state index contributed by atoms with van der Waals surface area (Å²) < 4.78 is 23.8. The lowest BCUT2D eigenvalue weighted by Gasteiger charge is -2.10. The van der Waals surface area contributed by atoms with Crippen LogP contribution in [-0.4, -0.2) is 19.2 Å². The van der Waals surface area contributed by atoms with E-state index in [0.717, 1.165) is 0 Å². The van der Waals surface area contributed by atoms with Crippen molar-refractivity contribution in [1.82, 2.24) is 0 Å². The zero-order valence-electron chi connectivity index (χ0n) is 11.0. The van der Waals surface area contributed by atoms with Gasteiger partial charge in [0.05, 0.1) is 13.2 Å². The fourth-order valence-corrected chi connectivity index (χ4v) is 1.70. The Kier molecular flexibility index (Phi) is 5.80. The van der Waals surface area contributed by atoms with Crippen LogP contribution in [0.3, 0.4) is 0 Å². The van der Waals surface area contributed by atoms with Gasteiger partial charge in [-0.1, -0.05) is 0 Å². The van der Waals surface area contributed by atoms with Gasteiger partial charge < -0.3 is 9.47 Å². The lowest BCUT2D eigenvalue weighted by molar-refractivity contribution is -0.143. The molecule has 19 heavy (non-hydrogen) atoms. The number of hydrogen-bond acceptors (Lipinski definition) is 4. The predicted octanol–water partition coefficient (Wildman–Crippen LogP) is 2.59. The molecular weight excluding hydrogens is 249 g/mol. The topological polar surface area (TPSA) is 59.3 Å². The smallest absolute Gasteiger partial charge is 0.306 e. The van der Waals surface area contributed by atoms with Crippen molar-refractivity contribution in [3.8, 4) is 11.8 Å². The lowest BCUT2D eigenvalue weighted by atomic mass is 10.0. The summed E-state index contributed by atoms with van der Waals surface area (Å²) in [5.74, 6) is -0.581. The molecule has 0 aliphatic carbocycles. The van der Waals surface area contributed by atoms with E-state index in [-0.39, 0.29) is 30.6 Å². The molecule has 0 radical (unpaired) electrons. The molecule has 1 rings (SSSR count). The van der Waals surface area contributed by atoms with E-state index >= 15 is 0 Å². The number of carbonyl (C=O) groups excluding carboxylic acids is 1. The molecule has 0 aliphatic rings. The van der Waals surface area contributed by atoms with E-state index in [1.807, 2.05) is 6.07 Å². The molecule has 0 N–H and O–H groups in total. The maximum absolute atomic E-state index is 13.7. The predicted molar refractivity (Wildman–Crippen MR) is 67.2 cm³/mol. The number of carbonyl (C=O) groups is 1. The molecular formula is C14H16FNO3. The van der Waals surface area contributed by atoms with E-state index in [1.165, 1.54) is 12.1 Å². The van der Waals surface area contributed by atoms with E-state index < -0.39 is 11.8 Å². The van der Waals surface area contributed by atoms with Crippen LogP contribution in [0.15, 0.2) is 12.1 Å². The molecule has 0 atom stereocenters. The number of benzene rings is 1. The third-order valence-electron chi connectivity index (χ3n) is 2.51. The minimum atomic E-state index is -0.510. The molecule has 0 fully saturated rings. The van der Waals surface area contributed by atoms with Gasteiger partial charge in [-0.15, -0.1) is 0 Å². The number of esters is 1. The summed E-state index contributed by atoms with van der Waals surface area (Å²) in [5, 5.41) is 9.11. The van der Waals surface area contributed by atoms with Crippen LogP contribution >= 0.6 is 0 Å². The van der Waals surface area contributed by atoms with E-state index in [1.54, 1.807) is 13.8 Å². The average molecular weight is 265 g/mol. The summed E-state index contributed by atoms with van der Waals surface area (Å²) in [5.41, 5.74) is 0.340. The molecule has 0 saturated heterocycles. The van der Waals surface area contributed by atoms with Gasteiger partial charge in [-0.2, -0.15) is 5.26 Å². The van der Waals surface area contributed by atoms with Gasteiger partial charge >= 0.3 is 5.97 Å². The van der Waals surface area contributed by atoms with Crippen molar-refractivity contribution in [1.29, 1.82) is 5.26 Å². The van der Waals surface area contributed by atoms with Crippen LogP contribution in [0.25, 0.3) is 0 Å². The van der Waals surface area contributed by atoms with Gasteiger partial charge in [0.1, 0.15) is 23.2 Å². The minimum Gasteiger partial charge on any atom is -0.492 e. The first-order chi connectivity index (χ1) is 9.13. The molecule has 0 aliphatic heterocycles. The van der Waals surface area contributed by atoms with Gasteiger partial charge in [0, 0.05) is 12.0 Å². The fraction of sp³-hybridized carbons (Fsp3) is 0.429. The largest absolute Gasteiger partial charge is 0.492 e. The second-order valence-electron chi connectivity index (χ2n) is 3.75. The van der Waals surface area contributed by atoms with E-state index in [0.29, 0.717) is 12.4 Å². The highest BCUT2D eigenvalue weighted by atomic mass is 19.1. The SMILES string of the molecule is CCOC(=O)CCc1c(F)ccc(OCC)c1C#N. The van der Waals surface area contributed by atoms with Gasteiger partial charge in [-0.25, -0.2) is 4.39 Å². The Balaban J connectivity index is 2.95. The normalized spacial score (nSPS) is 9.79. The molecule has 4 nitrogen and oxygen atoms in total. The van der Waals surface area contributed by atoms with Crippen LogP contribution in [0, 0.1) is 17.1 Å². The Morgan fingerprint density at radius 2 is 2.11 bits per heavy atom. The van der Waals surface area contributed by atoms with E-state index in [4.69, 9.17) is 14.7 Å². The highest BCUT2D eigenvalue weighted by Crippen LogP contribution is 2.25. The summed E-state index contributed by atoms with van der Waals surface area (Å²) in [7, 11) is 0. The van der Waals surface area contributed by atoms with Gasteiger partial charge in [0.2, 0.25) is 0 Å². The Hall–Kier alpha value is -2.09. The molecule has 1 aromatic rings. The molecule has 5 heteroatoms. The van der Waals surface area contributed by atoms with Gasteiger partial charge in [-0.3, -0.25) is 4.79 Å². The zero-order chi connectivity index (χ0) is 14.3. The van der Waals surface area contributed by atoms with Crippen molar-refractivity contribution >= 4 is 5.97 Å². The number of hydrogen-bond donors (Lipinski definition) is 0. The Morgan fingerprint density at radius 3 is 2.68 bits per heavy atom. The highest BCUT2D eigenvalue weighted by molar-refractivity contribution is 5.70. The maximum Gasteiger partial charge on any atom is 0.306 e. The number of halogens is 1. The quantitative estimate of drug-likeness (QED) is 0.742. The van der Waals surface area contributed by atoms with Gasteiger partial charge in [0.25, 0.3) is 0 Å². The standard InChI is InChI=1S/C14H16FNO3/c1-3-18-13-7-6-12(15)10(11(13)9-16)5-8-14(17)19-4-2/h6-7H,3-5,8H2,1-2H3. The van der Waals surface area contributed by atoms with Crippen molar-refractivity contribution in [2.24, 2.45) is 0 Å². The molecule has 0 spiro atoms. The minimum absolute atomic E-state index is 0.0367. The van der Waals surface area contributed by atoms with Crippen molar-refractivity contribution in [3.63, 3.8) is 0 Å². The monoisotopic (exact) mass is 265 g/mol. The summed E-state index contributed by atoms with van der Waals surface area (Å²) in [4.78, 5) is 11.3. The summed E-state index contributed by atoms with van der Waals surface area (Å²) in [6.07, 6.45) is 0.156. The van der Waals surface area contributed by atoms with E-state index in [2.05, 4.69) is 0 Å². The average Bonchev–Trinajstić information content (AvgIpc) is 2.39. The van der Waals surface area contributed by atoms with Crippen LogP contribution in [0.5, 0.6) is 5.75 Å². The second kappa shape index (κ2) is 7.37. The maximum atomic E-state index is 13.7. The lowest BCUT2D eigenvalue weighted by Crippen LogP contribution is -2.08. The van der Waals surface area contributed by atoms with Gasteiger partial charge in [-0.05, 0) is 32.4 Å². The van der Waals surface area contributed by atoms with Crippen LogP contribution in [-0.2, 0) is 16.0 Å². The summed E-state index contributed by atoms with van der Waals surface area (Å²) in [6, 6.07) is 4.59. The molecule has 102 valence electrons. The van der Waals surface area contributed by atoms with Crippen LogP contribution in [0.2, 0.25) is 0 Å². The summed E-state index contributed by atoms with van der Waals surface area (Å²) >= 11 is 0. The second-order valence-corrected chi connectivity index (χ2v) is 3.75. The van der Waals surface area contributed by atoms with E-state index in [9.17, 15) is 9.18 Å². The van der Waals surface area contributed by atoms with Crippen molar-refractivity contribution in [2.45, 2.75) is 26.7 Å². The summed E-state index contributed by atoms with van der Waals surface area (Å²) in [6.45, 7) is 4.15. The Labute approximate surface area is 111 Å². The molecule has 0 heterocycles. The van der Waals surface area contributed by atoms with Crippen molar-refractivity contribution in [2.75, 3.05) is 13.2 Å². The highest BCUT2D eigenvalue weighted by Gasteiger charge is 2.16. The number of nitrogens with zero attached hydrogens (tertiary/aromatic N) is 1. The molecule has 1 aromatic carbocycles. The fourth-order valence-electron chi connectivity index (χ4n) is 1.70.